The second-order valence-corrected chi connectivity index (χ2v) is 6.17. The molecule has 0 fully saturated rings. The van der Waals surface area contributed by atoms with E-state index in [2.05, 4.69) is 6.58 Å². The first-order chi connectivity index (χ1) is 4.69. The van der Waals surface area contributed by atoms with Gasteiger partial charge in [0, 0.05) is 0 Å². The van der Waals surface area contributed by atoms with Crippen molar-refractivity contribution in [1.29, 1.82) is 0 Å². The lowest BCUT2D eigenvalue weighted by molar-refractivity contribution is 0.223. The van der Waals surface area contributed by atoms with Gasteiger partial charge < -0.3 is 24.2 Å². The maximum atomic E-state index is 10.4. The van der Waals surface area contributed by atoms with Crippen LogP contribution < -0.4 is 0 Å². The molecule has 0 aromatic carbocycles. The number of rotatable bonds is 3. The van der Waals surface area contributed by atoms with Crippen LogP contribution in [-0.4, -0.2) is 38.3 Å². The molecule has 0 aliphatic rings. The molecule has 66 valence electrons. The van der Waals surface area contributed by atoms with Gasteiger partial charge >= 0.3 is 16.4 Å². The Balaban J connectivity index is 4.71. The number of hydrogen-bond acceptors (Lipinski definition) is 4. The van der Waals surface area contributed by atoms with Crippen molar-refractivity contribution in [3.05, 3.63) is 12.7 Å². The van der Waals surface area contributed by atoms with Gasteiger partial charge in [-0.2, -0.15) is 0 Å². The summed E-state index contributed by atoms with van der Waals surface area (Å²) < 4.78 is 10.4. The molecule has 0 radical (unpaired) electrons. The predicted molar refractivity (Wildman–Crippen MR) is 38.4 cm³/mol. The Bertz CT molecular complexity index is 190. The van der Waals surface area contributed by atoms with Crippen LogP contribution in [0.4, 0.5) is 0 Å². The zero-order valence-electron chi connectivity index (χ0n) is 5.45. The molecule has 5 N–H and O–H groups in total. The van der Waals surface area contributed by atoms with Gasteiger partial charge in [0.25, 0.3) is 0 Å². The van der Waals surface area contributed by atoms with Gasteiger partial charge in [-0.3, -0.25) is 4.57 Å². The van der Waals surface area contributed by atoms with Crippen LogP contribution in [0, 0.1) is 0 Å². The summed E-state index contributed by atoms with van der Waals surface area (Å²) in [5, 5.41) is -1.95. The standard InChI is InChI=1S/C3H9O6PSi/c1-2-3(10(4,5)6)11(7,8)9/h2-3,7-9H,1H2,(H2,4,5,6). The van der Waals surface area contributed by atoms with Crippen molar-refractivity contribution in [3.8, 4) is 0 Å². The molecule has 0 rings (SSSR count). The van der Waals surface area contributed by atoms with Crippen LogP contribution in [0.15, 0.2) is 12.7 Å². The largest absolute Gasteiger partial charge is 0.512 e. The van der Waals surface area contributed by atoms with E-state index in [1.165, 1.54) is 0 Å². The molecule has 0 heterocycles. The van der Waals surface area contributed by atoms with Crippen molar-refractivity contribution >= 4 is 16.4 Å². The third-order valence-electron chi connectivity index (χ3n) is 0.982. The zero-order chi connectivity index (χ0) is 9.28. The average molecular weight is 200 g/mol. The molecule has 0 saturated carbocycles. The van der Waals surface area contributed by atoms with E-state index < -0.39 is 21.7 Å². The van der Waals surface area contributed by atoms with Crippen molar-refractivity contribution in [2.45, 2.75) is 5.28 Å². The first-order valence-corrected chi connectivity index (χ1v) is 6.14. The monoisotopic (exact) mass is 200 g/mol. The van der Waals surface area contributed by atoms with Crippen LogP contribution >= 0.6 is 7.60 Å². The molecular weight excluding hydrogens is 191 g/mol. The third kappa shape index (κ3) is 3.26. The van der Waals surface area contributed by atoms with E-state index in [1.807, 2.05) is 0 Å². The van der Waals surface area contributed by atoms with Crippen LogP contribution in [0.5, 0.6) is 0 Å². The minimum absolute atomic E-state index is 0.632. The van der Waals surface area contributed by atoms with Crippen LogP contribution in [0.25, 0.3) is 0 Å². The maximum absolute atomic E-state index is 10.4. The summed E-state index contributed by atoms with van der Waals surface area (Å²) >= 11 is 0. The highest BCUT2D eigenvalue weighted by Crippen LogP contribution is 2.44. The first kappa shape index (κ1) is 11.0. The molecule has 0 amide bonds. The summed E-state index contributed by atoms with van der Waals surface area (Å²) in [6.45, 7) is 2.96. The Hall–Kier alpha value is -0.0131. The number of hydrogen-bond donors (Lipinski definition) is 5. The Morgan fingerprint density at radius 3 is 1.73 bits per heavy atom. The SMILES string of the molecule is C=CC([Si](O)(O)O)P(=O)(O)O. The molecule has 6 nitrogen and oxygen atoms in total. The first-order valence-electron chi connectivity index (χ1n) is 2.54. The van der Waals surface area contributed by atoms with Gasteiger partial charge in [0.05, 0.1) is 0 Å². The van der Waals surface area contributed by atoms with E-state index in [9.17, 15) is 4.57 Å². The minimum Gasteiger partial charge on any atom is -0.389 e. The molecule has 1 atom stereocenters. The van der Waals surface area contributed by atoms with Crippen molar-refractivity contribution in [1.82, 2.24) is 0 Å². The molecule has 0 saturated heterocycles. The van der Waals surface area contributed by atoms with Crippen molar-refractivity contribution in [2.75, 3.05) is 0 Å². The lowest BCUT2D eigenvalue weighted by Gasteiger charge is -2.19. The molecule has 0 spiro atoms. The fourth-order valence-electron chi connectivity index (χ4n) is 0.521. The van der Waals surface area contributed by atoms with Gasteiger partial charge in [0.1, 0.15) is 5.28 Å². The topological polar surface area (TPSA) is 118 Å². The van der Waals surface area contributed by atoms with Crippen LogP contribution in [0.3, 0.4) is 0 Å². The van der Waals surface area contributed by atoms with E-state index in [0.717, 1.165) is 0 Å². The second-order valence-electron chi connectivity index (χ2n) is 1.96. The predicted octanol–water partition coefficient (Wildman–Crippen LogP) is -1.83. The fraction of sp³-hybridized carbons (Fsp3) is 0.333. The van der Waals surface area contributed by atoms with E-state index in [-0.39, 0.29) is 0 Å². The molecular formula is C3H9O6PSi. The molecule has 0 aliphatic carbocycles. The summed E-state index contributed by atoms with van der Waals surface area (Å²) in [4.78, 5) is 42.3. The number of allylic oxidation sites excluding steroid dienone is 1. The fourth-order valence-corrected chi connectivity index (χ4v) is 2.92. The summed E-state index contributed by atoms with van der Waals surface area (Å²) in [6.07, 6.45) is 0.632. The smallest absolute Gasteiger partial charge is 0.389 e. The van der Waals surface area contributed by atoms with Crippen LogP contribution in [0.1, 0.15) is 0 Å². The summed E-state index contributed by atoms with van der Waals surface area (Å²) in [7, 11) is -9.51. The lowest BCUT2D eigenvalue weighted by Crippen LogP contribution is -2.47. The quantitative estimate of drug-likeness (QED) is 0.208. The molecule has 0 aromatic rings. The van der Waals surface area contributed by atoms with Gasteiger partial charge in [-0.1, -0.05) is 6.08 Å². The van der Waals surface area contributed by atoms with Gasteiger partial charge in [0.15, 0.2) is 0 Å². The lowest BCUT2D eigenvalue weighted by atomic mass is 10.7. The zero-order valence-corrected chi connectivity index (χ0v) is 7.35. The highest BCUT2D eigenvalue weighted by atomic mass is 31.2. The highest BCUT2D eigenvalue weighted by molar-refractivity contribution is 7.55. The van der Waals surface area contributed by atoms with E-state index >= 15 is 0 Å². The molecule has 8 heteroatoms. The van der Waals surface area contributed by atoms with Crippen LogP contribution in [0.2, 0.25) is 0 Å². The van der Waals surface area contributed by atoms with Gasteiger partial charge in [-0.15, -0.1) is 6.58 Å². The summed E-state index contributed by atoms with van der Waals surface area (Å²) in [5.74, 6) is 0. The Labute approximate surface area is 64.0 Å². The molecule has 1 unspecified atom stereocenters. The van der Waals surface area contributed by atoms with Gasteiger partial charge in [0.2, 0.25) is 0 Å². The Morgan fingerprint density at radius 2 is 1.73 bits per heavy atom. The average Bonchev–Trinajstić information content (AvgIpc) is 1.56. The Kier molecular flexibility index (Phi) is 3.15. The van der Waals surface area contributed by atoms with Gasteiger partial charge in [-0.25, -0.2) is 0 Å². The minimum atomic E-state index is -4.80. The third-order valence-corrected chi connectivity index (χ3v) is 5.00. The maximum Gasteiger partial charge on any atom is 0.512 e. The molecule has 11 heavy (non-hydrogen) atoms. The molecule has 0 aromatic heterocycles. The Morgan fingerprint density at radius 1 is 1.36 bits per heavy atom. The van der Waals surface area contributed by atoms with E-state index in [1.54, 1.807) is 0 Å². The van der Waals surface area contributed by atoms with Gasteiger partial charge in [-0.05, 0) is 0 Å². The highest BCUT2D eigenvalue weighted by Gasteiger charge is 2.48. The normalized spacial score (nSPS) is 16.1. The second kappa shape index (κ2) is 3.16. The van der Waals surface area contributed by atoms with E-state index in [0.29, 0.717) is 6.08 Å². The summed E-state index contributed by atoms with van der Waals surface area (Å²) in [6, 6.07) is 0. The van der Waals surface area contributed by atoms with Crippen molar-refractivity contribution in [2.24, 2.45) is 0 Å². The molecule has 0 aliphatic heterocycles. The summed E-state index contributed by atoms with van der Waals surface area (Å²) in [5.41, 5.74) is 0. The van der Waals surface area contributed by atoms with E-state index in [4.69, 9.17) is 24.2 Å². The molecule has 0 bridgehead atoms. The van der Waals surface area contributed by atoms with Crippen molar-refractivity contribution < 1.29 is 28.7 Å². The van der Waals surface area contributed by atoms with Crippen molar-refractivity contribution in [3.63, 3.8) is 0 Å². The van der Waals surface area contributed by atoms with Crippen LogP contribution in [-0.2, 0) is 4.57 Å².